The minimum Gasteiger partial charge on any atom is -0.377 e. The van der Waals surface area contributed by atoms with Crippen LogP contribution < -0.4 is 15.5 Å². The Bertz CT molecular complexity index is 680. The van der Waals surface area contributed by atoms with Crippen molar-refractivity contribution in [2.75, 3.05) is 38.7 Å². The molecule has 1 saturated heterocycles. The number of benzene rings is 1. The van der Waals surface area contributed by atoms with Crippen LogP contribution in [0.15, 0.2) is 23.2 Å². The van der Waals surface area contributed by atoms with Crippen LogP contribution in [0.3, 0.4) is 0 Å². The molecule has 0 saturated carbocycles. The molecule has 0 radical (unpaired) electrons. The lowest BCUT2D eigenvalue weighted by Crippen LogP contribution is -2.47. The van der Waals surface area contributed by atoms with Gasteiger partial charge in [0.1, 0.15) is 0 Å². The van der Waals surface area contributed by atoms with Gasteiger partial charge in [0, 0.05) is 51.9 Å². The third-order valence-corrected chi connectivity index (χ3v) is 6.01. The number of anilines is 1. The molecule has 1 aromatic rings. The quantitative estimate of drug-likeness (QED) is 0.613. The normalized spacial score (nSPS) is 23.3. The Morgan fingerprint density at radius 3 is 2.82 bits per heavy atom. The van der Waals surface area contributed by atoms with E-state index in [1.807, 2.05) is 7.05 Å². The third kappa shape index (κ3) is 5.19. The molecule has 0 spiro atoms. The van der Waals surface area contributed by atoms with Crippen LogP contribution in [0.4, 0.5) is 5.69 Å². The van der Waals surface area contributed by atoms with Crippen molar-refractivity contribution in [3.05, 3.63) is 29.3 Å². The first-order valence-corrected chi connectivity index (χ1v) is 10.8. The van der Waals surface area contributed by atoms with Crippen molar-refractivity contribution in [3.8, 4) is 0 Å². The van der Waals surface area contributed by atoms with Crippen LogP contribution in [0.5, 0.6) is 0 Å². The first kappa shape index (κ1) is 21.0. The number of nitrogens with one attached hydrogen (secondary N) is 2. The highest BCUT2D eigenvalue weighted by molar-refractivity contribution is 5.79. The number of ether oxygens (including phenoxy) is 1. The zero-order valence-electron chi connectivity index (χ0n) is 18.3. The van der Waals surface area contributed by atoms with E-state index >= 15 is 0 Å². The van der Waals surface area contributed by atoms with E-state index < -0.39 is 0 Å². The van der Waals surface area contributed by atoms with Crippen molar-refractivity contribution in [1.29, 1.82) is 0 Å². The van der Waals surface area contributed by atoms with Gasteiger partial charge in [-0.25, -0.2) is 0 Å². The zero-order valence-corrected chi connectivity index (χ0v) is 18.3. The Morgan fingerprint density at radius 1 is 1.25 bits per heavy atom. The van der Waals surface area contributed by atoms with Crippen LogP contribution in [-0.4, -0.2) is 45.9 Å². The SMILES string of the molecule is CN=C(NCc1ccc2c(c1)CCCN2C)NCC1CCCOC1C(C)(C)C. The van der Waals surface area contributed by atoms with Gasteiger partial charge in [0.25, 0.3) is 0 Å². The van der Waals surface area contributed by atoms with Gasteiger partial charge in [-0.3, -0.25) is 4.99 Å². The van der Waals surface area contributed by atoms with Crippen molar-refractivity contribution >= 4 is 11.6 Å². The molecule has 0 amide bonds. The monoisotopic (exact) mass is 386 g/mol. The van der Waals surface area contributed by atoms with Gasteiger partial charge < -0.3 is 20.3 Å². The molecule has 5 nitrogen and oxygen atoms in total. The van der Waals surface area contributed by atoms with E-state index in [1.54, 1.807) is 0 Å². The molecular weight excluding hydrogens is 348 g/mol. The van der Waals surface area contributed by atoms with Gasteiger partial charge in [-0.2, -0.15) is 0 Å². The summed E-state index contributed by atoms with van der Waals surface area (Å²) in [4.78, 5) is 6.78. The molecule has 2 aliphatic rings. The summed E-state index contributed by atoms with van der Waals surface area (Å²) < 4.78 is 6.11. The highest BCUT2D eigenvalue weighted by Gasteiger charge is 2.35. The lowest BCUT2D eigenvalue weighted by molar-refractivity contribution is -0.0835. The molecule has 28 heavy (non-hydrogen) atoms. The highest BCUT2D eigenvalue weighted by Crippen LogP contribution is 2.33. The summed E-state index contributed by atoms with van der Waals surface area (Å²) in [6, 6.07) is 6.83. The number of fused-ring (bicyclic) bond motifs is 1. The van der Waals surface area contributed by atoms with Crippen LogP contribution in [0.2, 0.25) is 0 Å². The van der Waals surface area contributed by atoms with Gasteiger partial charge in [-0.05, 0) is 48.3 Å². The molecule has 1 aromatic carbocycles. The average Bonchev–Trinajstić information content (AvgIpc) is 2.68. The molecule has 0 aliphatic carbocycles. The van der Waals surface area contributed by atoms with Gasteiger partial charge in [-0.15, -0.1) is 0 Å². The molecule has 0 aromatic heterocycles. The lowest BCUT2D eigenvalue weighted by atomic mass is 9.78. The second kappa shape index (κ2) is 9.17. The van der Waals surface area contributed by atoms with E-state index in [2.05, 4.69) is 66.5 Å². The molecule has 2 heterocycles. The molecule has 3 rings (SSSR count). The van der Waals surface area contributed by atoms with Crippen LogP contribution in [0.25, 0.3) is 0 Å². The molecule has 2 unspecified atom stereocenters. The Morgan fingerprint density at radius 2 is 2.07 bits per heavy atom. The number of nitrogens with zero attached hydrogens (tertiary/aromatic N) is 2. The number of guanidine groups is 1. The predicted molar refractivity (Wildman–Crippen MR) is 118 cm³/mol. The van der Waals surface area contributed by atoms with Gasteiger partial charge in [-0.1, -0.05) is 32.9 Å². The summed E-state index contributed by atoms with van der Waals surface area (Å²) in [6.45, 7) is 10.6. The maximum absolute atomic E-state index is 6.11. The van der Waals surface area contributed by atoms with E-state index in [4.69, 9.17) is 4.74 Å². The van der Waals surface area contributed by atoms with E-state index in [9.17, 15) is 0 Å². The summed E-state index contributed by atoms with van der Waals surface area (Å²) >= 11 is 0. The second-order valence-corrected chi connectivity index (χ2v) is 9.35. The average molecular weight is 387 g/mol. The van der Waals surface area contributed by atoms with Gasteiger partial charge in [0.05, 0.1) is 6.10 Å². The van der Waals surface area contributed by atoms with E-state index in [-0.39, 0.29) is 5.41 Å². The number of hydrogen-bond acceptors (Lipinski definition) is 3. The highest BCUT2D eigenvalue weighted by atomic mass is 16.5. The maximum Gasteiger partial charge on any atom is 0.191 e. The second-order valence-electron chi connectivity index (χ2n) is 9.35. The Hall–Kier alpha value is -1.75. The summed E-state index contributed by atoms with van der Waals surface area (Å²) in [7, 11) is 4.03. The fraction of sp³-hybridized carbons (Fsp3) is 0.696. The van der Waals surface area contributed by atoms with E-state index in [1.165, 1.54) is 36.1 Å². The zero-order chi connectivity index (χ0) is 20.1. The Kier molecular flexibility index (Phi) is 6.86. The Labute approximate surface area is 170 Å². The first-order valence-electron chi connectivity index (χ1n) is 10.8. The molecule has 2 N–H and O–H groups in total. The van der Waals surface area contributed by atoms with Crippen LogP contribution in [0.1, 0.15) is 51.2 Å². The van der Waals surface area contributed by atoms with Crippen molar-refractivity contribution in [3.63, 3.8) is 0 Å². The van der Waals surface area contributed by atoms with Crippen LogP contribution in [0, 0.1) is 11.3 Å². The molecular formula is C23H38N4O. The van der Waals surface area contributed by atoms with Gasteiger partial charge >= 0.3 is 0 Å². The lowest BCUT2D eigenvalue weighted by Gasteiger charge is -2.40. The molecule has 2 aliphatic heterocycles. The number of hydrogen-bond donors (Lipinski definition) is 2. The van der Waals surface area contributed by atoms with E-state index in [0.717, 1.165) is 38.6 Å². The standard InChI is InChI=1S/C23H38N4O/c1-23(2,3)21-19(9-7-13-28-21)16-26-22(24-4)25-15-17-10-11-20-18(14-17)8-6-12-27(20)5/h10-11,14,19,21H,6-9,12-13,15-16H2,1-5H3,(H2,24,25,26). The number of aryl methyl sites for hydroxylation is 1. The topological polar surface area (TPSA) is 48.9 Å². The number of rotatable bonds is 4. The first-order chi connectivity index (χ1) is 13.4. The fourth-order valence-electron chi connectivity index (χ4n) is 4.59. The number of aliphatic imine (C=N–C) groups is 1. The van der Waals surface area contributed by atoms with Gasteiger partial charge in [0.15, 0.2) is 5.96 Å². The van der Waals surface area contributed by atoms with Gasteiger partial charge in [0.2, 0.25) is 0 Å². The molecule has 2 atom stereocenters. The largest absolute Gasteiger partial charge is 0.377 e. The molecule has 1 fully saturated rings. The third-order valence-electron chi connectivity index (χ3n) is 6.01. The summed E-state index contributed by atoms with van der Waals surface area (Å²) in [5, 5.41) is 7.01. The van der Waals surface area contributed by atoms with Crippen molar-refractivity contribution in [2.45, 2.75) is 59.1 Å². The van der Waals surface area contributed by atoms with Crippen molar-refractivity contribution in [1.82, 2.24) is 10.6 Å². The summed E-state index contributed by atoms with van der Waals surface area (Å²) in [5.74, 6) is 1.39. The minimum absolute atomic E-state index is 0.167. The van der Waals surface area contributed by atoms with Crippen LogP contribution in [-0.2, 0) is 17.7 Å². The Balaban J connectivity index is 1.54. The fourth-order valence-corrected chi connectivity index (χ4v) is 4.59. The predicted octanol–water partition coefficient (Wildman–Crippen LogP) is 3.58. The summed E-state index contributed by atoms with van der Waals surface area (Å²) in [6.07, 6.45) is 5.07. The van der Waals surface area contributed by atoms with Crippen LogP contribution >= 0.6 is 0 Å². The minimum atomic E-state index is 0.167. The summed E-state index contributed by atoms with van der Waals surface area (Å²) in [5.41, 5.74) is 4.32. The maximum atomic E-state index is 6.11. The molecule has 0 bridgehead atoms. The van der Waals surface area contributed by atoms with E-state index in [0.29, 0.717) is 12.0 Å². The molecule has 156 valence electrons. The van der Waals surface area contributed by atoms with Crippen molar-refractivity contribution in [2.24, 2.45) is 16.3 Å². The van der Waals surface area contributed by atoms with Crippen molar-refractivity contribution < 1.29 is 4.74 Å². The smallest absolute Gasteiger partial charge is 0.191 e. The molecule has 5 heteroatoms.